The topological polar surface area (TPSA) is 81.9 Å². The molecule has 0 bridgehead atoms. The Morgan fingerprint density at radius 3 is 3.04 bits per heavy atom. The van der Waals surface area contributed by atoms with Gasteiger partial charge in [0.1, 0.15) is 17.1 Å². The Labute approximate surface area is 143 Å². The zero-order chi connectivity index (χ0) is 16.8. The Kier molecular flexibility index (Phi) is 3.06. The Hall–Kier alpha value is -3.22. The van der Waals surface area contributed by atoms with Crippen LogP contribution in [0.2, 0.25) is 0 Å². The molecule has 1 aromatic carbocycles. The van der Waals surface area contributed by atoms with Crippen LogP contribution in [0, 0.1) is 0 Å². The normalized spacial score (nSPS) is 15.3. The van der Waals surface area contributed by atoms with E-state index in [1.54, 1.807) is 16.9 Å². The monoisotopic (exact) mass is 333 g/mol. The molecule has 2 aliphatic rings. The minimum atomic E-state index is -0.0992. The van der Waals surface area contributed by atoms with Crippen LogP contribution < -0.4 is 10.1 Å². The number of nitrogens with one attached hydrogen (secondary N) is 1. The summed E-state index contributed by atoms with van der Waals surface area (Å²) < 4.78 is 7.27. The van der Waals surface area contributed by atoms with Crippen LogP contribution in [0.4, 0.5) is 0 Å². The van der Waals surface area contributed by atoms with E-state index in [9.17, 15) is 4.79 Å². The molecule has 3 aromatic rings. The molecule has 5 rings (SSSR count). The molecule has 1 N–H and O–H groups in total. The fraction of sp³-hybridized carbons (Fsp3) is 0.222. The Bertz CT molecular complexity index is 995. The standard InChI is InChI=1S/C18H15N5O2/c24-18-15-10-14(22-23(15)7-6-20-18)13-3-5-19-17(21-13)12-1-2-16-11(9-12)4-8-25-16/h1-3,5,9-10H,4,6-8H2,(H,20,24). The third-order valence-electron chi connectivity index (χ3n) is 4.49. The van der Waals surface area contributed by atoms with Crippen molar-refractivity contribution in [2.45, 2.75) is 13.0 Å². The van der Waals surface area contributed by atoms with Crippen LogP contribution in [0.5, 0.6) is 5.75 Å². The van der Waals surface area contributed by atoms with Crippen molar-refractivity contribution < 1.29 is 9.53 Å². The average molecular weight is 333 g/mol. The molecule has 0 unspecified atom stereocenters. The second-order valence-corrected chi connectivity index (χ2v) is 6.08. The molecule has 7 heteroatoms. The van der Waals surface area contributed by atoms with Gasteiger partial charge >= 0.3 is 0 Å². The van der Waals surface area contributed by atoms with Crippen LogP contribution in [-0.4, -0.2) is 38.8 Å². The highest BCUT2D eigenvalue weighted by molar-refractivity contribution is 5.94. The Morgan fingerprint density at radius 2 is 2.12 bits per heavy atom. The van der Waals surface area contributed by atoms with Crippen LogP contribution in [0.25, 0.3) is 22.8 Å². The van der Waals surface area contributed by atoms with Gasteiger partial charge in [0.15, 0.2) is 5.82 Å². The van der Waals surface area contributed by atoms with Crippen LogP contribution in [0.3, 0.4) is 0 Å². The molecule has 0 atom stereocenters. The molecule has 0 radical (unpaired) electrons. The zero-order valence-corrected chi connectivity index (χ0v) is 13.4. The number of rotatable bonds is 2. The maximum absolute atomic E-state index is 11.9. The third kappa shape index (κ3) is 2.36. The Morgan fingerprint density at radius 1 is 1.16 bits per heavy atom. The molecule has 2 aliphatic heterocycles. The number of nitrogens with zero attached hydrogens (tertiary/aromatic N) is 4. The minimum Gasteiger partial charge on any atom is -0.493 e. The third-order valence-corrected chi connectivity index (χ3v) is 4.49. The van der Waals surface area contributed by atoms with Crippen LogP contribution in [0.15, 0.2) is 36.5 Å². The van der Waals surface area contributed by atoms with E-state index in [2.05, 4.69) is 26.4 Å². The maximum atomic E-state index is 11.9. The first-order chi connectivity index (χ1) is 12.3. The molecule has 124 valence electrons. The molecule has 7 nitrogen and oxygen atoms in total. The smallest absolute Gasteiger partial charge is 0.269 e. The van der Waals surface area contributed by atoms with Gasteiger partial charge in [0, 0.05) is 24.7 Å². The van der Waals surface area contributed by atoms with Gasteiger partial charge < -0.3 is 10.1 Å². The summed E-state index contributed by atoms with van der Waals surface area (Å²) in [6, 6.07) is 9.60. The van der Waals surface area contributed by atoms with E-state index in [0.717, 1.165) is 24.3 Å². The summed E-state index contributed by atoms with van der Waals surface area (Å²) in [7, 11) is 0. The van der Waals surface area contributed by atoms with Crippen molar-refractivity contribution >= 4 is 5.91 Å². The number of aromatic nitrogens is 4. The number of amides is 1. The highest BCUT2D eigenvalue weighted by Crippen LogP contribution is 2.29. The number of ether oxygens (including phenoxy) is 1. The van der Waals surface area contributed by atoms with Crippen LogP contribution in [0.1, 0.15) is 16.1 Å². The predicted octanol–water partition coefficient (Wildman–Crippen LogP) is 1.69. The van der Waals surface area contributed by atoms with Crippen molar-refractivity contribution in [2.75, 3.05) is 13.2 Å². The van der Waals surface area contributed by atoms with E-state index in [-0.39, 0.29) is 5.91 Å². The van der Waals surface area contributed by atoms with E-state index >= 15 is 0 Å². The summed E-state index contributed by atoms with van der Waals surface area (Å²) >= 11 is 0. The summed E-state index contributed by atoms with van der Waals surface area (Å²) in [4.78, 5) is 20.9. The van der Waals surface area contributed by atoms with Gasteiger partial charge in [0.05, 0.1) is 18.8 Å². The molecule has 25 heavy (non-hydrogen) atoms. The first-order valence-electron chi connectivity index (χ1n) is 8.23. The average Bonchev–Trinajstić information content (AvgIpc) is 3.28. The summed E-state index contributed by atoms with van der Waals surface area (Å²) in [5.74, 6) is 1.48. The molecule has 1 amide bonds. The molecular weight excluding hydrogens is 318 g/mol. The van der Waals surface area contributed by atoms with Gasteiger partial charge in [-0.3, -0.25) is 9.48 Å². The van der Waals surface area contributed by atoms with Crippen molar-refractivity contribution in [2.24, 2.45) is 0 Å². The number of carbonyl (C=O) groups is 1. The predicted molar refractivity (Wildman–Crippen MR) is 90.2 cm³/mol. The zero-order valence-electron chi connectivity index (χ0n) is 13.4. The molecule has 0 aliphatic carbocycles. The molecule has 0 spiro atoms. The van der Waals surface area contributed by atoms with E-state index in [4.69, 9.17) is 4.74 Å². The number of benzene rings is 1. The number of fused-ring (bicyclic) bond motifs is 2. The SMILES string of the molecule is O=C1NCCn2nc(-c3ccnc(-c4ccc5c(c4)CCO5)n3)cc21. The number of hydrogen-bond donors (Lipinski definition) is 1. The fourth-order valence-corrected chi connectivity index (χ4v) is 3.23. The lowest BCUT2D eigenvalue weighted by atomic mass is 10.1. The summed E-state index contributed by atoms with van der Waals surface area (Å²) in [6.07, 6.45) is 2.63. The Balaban J connectivity index is 1.54. The van der Waals surface area contributed by atoms with Crippen molar-refractivity contribution in [3.8, 4) is 28.5 Å². The lowest BCUT2D eigenvalue weighted by Crippen LogP contribution is -2.35. The first-order valence-corrected chi connectivity index (χ1v) is 8.23. The van der Waals surface area contributed by atoms with E-state index < -0.39 is 0 Å². The van der Waals surface area contributed by atoms with Crippen molar-refractivity contribution in [3.63, 3.8) is 0 Å². The van der Waals surface area contributed by atoms with Gasteiger partial charge in [0.25, 0.3) is 5.91 Å². The van der Waals surface area contributed by atoms with Gasteiger partial charge in [-0.15, -0.1) is 0 Å². The molecule has 0 saturated carbocycles. The van der Waals surface area contributed by atoms with E-state index in [1.165, 1.54) is 5.56 Å². The number of carbonyl (C=O) groups excluding carboxylic acids is 1. The second kappa shape index (κ2) is 5.41. The highest BCUT2D eigenvalue weighted by Gasteiger charge is 2.20. The molecule has 0 saturated heterocycles. The molecule has 2 aromatic heterocycles. The van der Waals surface area contributed by atoms with Gasteiger partial charge in [0.2, 0.25) is 0 Å². The quantitative estimate of drug-likeness (QED) is 0.772. The van der Waals surface area contributed by atoms with Gasteiger partial charge in [-0.25, -0.2) is 9.97 Å². The van der Waals surface area contributed by atoms with E-state index in [1.807, 2.05) is 18.2 Å². The lowest BCUT2D eigenvalue weighted by molar-refractivity contribution is 0.0924. The lowest BCUT2D eigenvalue weighted by Gasteiger charge is -2.13. The number of hydrogen-bond acceptors (Lipinski definition) is 5. The van der Waals surface area contributed by atoms with Gasteiger partial charge in [-0.1, -0.05) is 0 Å². The molecule has 0 fully saturated rings. The van der Waals surface area contributed by atoms with E-state index in [0.29, 0.717) is 36.0 Å². The first kappa shape index (κ1) is 14.2. The van der Waals surface area contributed by atoms with Gasteiger partial charge in [-0.2, -0.15) is 5.10 Å². The van der Waals surface area contributed by atoms with Gasteiger partial charge in [-0.05, 0) is 35.9 Å². The maximum Gasteiger partial charge on any atom is 0.269 e. The highest BCUT2D eigenvalue weighted by atomic mass is 16.5. The largest absolute Gasteiger partial charge is 0.493 e. The molecule has 4 heterocycles. The summed E-state index contributed by atoms with van der Waals surface area (Å²) in [6.45, 7) is 1.99. The minimum absolute atomic E-state index is 0.0992. The summed E-state index contributed by atoms with van der Waals surface area (Å²) in [5, 5.41) is 7.33. The van der Waals surface area contributed by atoms with Crippen molar-refractivity contribution in [1.82, 2.24) is 25.1 Å². The van der Waals surface area contributed by atoms with Crippen LogP contribution >= 0.6 is 0 Å². The summed E-state index contributed by atoms with van der Waals surface area (Å²) in [5.41, 5.74) is 4.08. The molecular formula is C18H15N5O2. The second-order valence-electron chi connectivity index (χ2n) is 6.08. The van der Waals surface area contributed by atoms with Crippen molar-refractivity contribution in [1.29, 1.82) is 0 Å². The van der Waals surface area contributed by atoms with Crippen LogP contribution in [-0.2, 0) is 13.0 Å². The van der Waals surface area contributed by atoms with Crippen molar-refractivity contribution in [3.05, 3.63) is 47.8 Å². The fourth-order valence-electron chi connectivity index (χ4n) is 3.23.